The van der Waals surface area contributed by atoms with Crippen molar-refractivity contribution < 1.29 is 23.7 Å². The highest BCUT2D eigenvalue weighted by Crippen LogP contribution is 2.37. The molecule has 0 N–H and O–H groups in total. The molecular weight excluding hydrogens is 334 g/mol. The number of amides is 1. The van der Waals surface area contributed by atoms with Crippen molar-refractivity contribution in [2.24, 2.45) is 0 Å². The molecule has 4 rings (SSSR count). The zero-order valence-electron chi connectivity index (χ0n) is 14.6. The van der Waals surface area contributed by atoms with Gasteiger partial charge in [-0.2, -0.15) is 0 Å². The van der Waals surface area contributed by atoms with Gasteiger partial charge in [0.05, 0.1) is 7.11 Å². The molecule has 1 saturated heterocycles. The molecule has 6 heteroatoms. The molecule has 6 nitrogen and oxygen atoms in total. The van der Waals surface area contributed by atoms with Crippen molar-refractivity contribution in [3.8, 4) is 23.0 Å². The molecule has 1 atom stereocenters. The summed E-state index contributed by atoms with van der Waals surface area (Å²) in [7, 11) is 1.58. The van der Waals surface area contributed by atoms with Crippen molar-refractivity contribution in [2.75, 3.05) is 33.6 Å². The summed E-state index contributed by atoms with van der Waals surface area (Å²) >= 11 is 0. The van der Waals surface area contributed by atoms with E-state index in [1.54, 1.807) is 13.2 Å². The van der Waals surface area contributed by atoms with Gasteiger partial charge < -0.3 is 23.8 Å². The number of rotatable bonds is 5. The third kappa shape index (κ3) is 3.27. The van der Waals surface area contributed by atoms with Crippen molar-refractivity contribution in [3.63, 3.8) is 0 Å². The minimum atomic E-state index is -0.0147. The molecule has 2 aliphatic heterocycles. The van der Waals surface area contributed by atoms with Gasteiger partial charge in [0.2, 0.25) is 6.79 Å². The third-order valence-electron chi connectivity index (χ3n) is 4.83. The fraction of sp³-hybridized carbons (Fsp3) is 0.350. The van der Waals surface area contributed by atoms with E-state index in [1.165, 1.54) is 5.56 Å². The summed E-state index contributed by atoms with van der Waals surface area (Å²) in [5, 5.41) is 0. The fourth-order valence-electron chi connectivity index (χ4n) is 3.39. The molecule has 1 amide bonds. The largest absolute Gasteiger partial charge is 0.493 e. The highest BCUT2D eigenvalue weighted by molar-refractivity contribution is 5.78. The summed E-state index contributed by atoms with van der Waals surface area (Å²) in [6.45, 7) is 1.70. The van der Waals surface area contributed by atoms with Crippen LogP contribution in [0.3, 0.4) is 0 Å². The average molecular weight is 355 g/mol. The summed E-state index contributed by atoms with van der Waals surface area (Å²) in [5.41, 5.74) is 1.18. The maximum Gasteiger partial charge on any atom is 0.260 e. The Kier molecular flexibility index (Phi) is 4.56. The Morgan fingerprint density at radius 1 is 1.15 bits per heavy atom. The molecule has 2 aromatic rings. The Hall–Kier alpha value is -2.89. The van der Waals surface area contributed by atoms with Crippen molar-refractivity contribution in [3.05, 3.63) is 48.0 Å². The highest BCUT2D eigenvalue weighted by atomic mass is 16.7. The first kappa shape index (κ1) is 16.6. The number of hydrogen-bond donors (Lipinski definition) is 0. The smallest absolute Gasteiger partial charge is 0.260 e. The van der Waals surface area contributed by atoms with Gasteiger partial charge in [0, 0.05) is 19.0 Å². The number of ether oxygens (including phenoxy) is 4. The number of carbonyl (C=O) groups excluding carboxylic acids is 1. The molecule has 0 bridgehead atoms. The van der Waals surface area contributed by atoms with Crippen molar-refractivity contribution in [2.45, 2.75) is 12.3 Å². The minimum Gasteiger partial charge on any atom is -0.493 e. The lowest BCUT2D eigenvalue weighted by Gasteiger charge is -2.18. The van der Waals surface area contributed by atoms with Gasteiger partial charge in [-0.3, -0.25) is 4.79 Å². The van der Waals surface area contributed by atoms with E-state index in [9.17, 15) is 4.79 Å². The van der Waals surface area contributed by atoms with Crippen LogP contribution in [0.15, 0.2) is 42.5 Å². The molecule has 0 saturated carbocycles. The number of para-hydroxylation sites is 2. The van der Waals surface area contributed by atoms with Crippen LogP contribution >= 0.6 is 0 Å². The fourth-order valence-corrected chi connectivity index (χ4v) is 3.39. The summed E-state index contributed by atoms with van der Waals surface area (Å²) in [5.74, 6) is 3.06. The summed E-state index contributed by atoms with van der Waals surface area (Å²) in [6.07, 6.45) is 0.931. The molecule has 0 radical (unpaired) electrons. The van der Waals surface area contributed by atoms with E-state index in [-0.39, 0.29) is 19.3 Å². The second-order valence-electron chi connectivity index (χ2n) is 6.38. The van der Waals surface area contributed by atoms with Crippen LogP contribution in [-0.4, -0.2) is 44.4 Å². The predicted molar refractivity (Wildman–Crippen MR) is 95.0 cm³/mol. The molecular formula is C20H21NO5. The number of likely N-dealkylation sites (tertiary alicyclic amines) is 1. The van der Waals surface area contributed by atoms with Crippen molar-refractivity contribution >= 4 is 5.91 Å². The first-order valence-electron chi connectivity index (χ1n) is 8.68. The van der Waals surface area contributed by atoms with Gasteiger partial charge in [-0.1, -0.05) is 18.2 Å². The minimum absolute atomic E-state index is 0.00817. The number of methoxy groups -OCH3 is 1. The van der Waals surface area contributed by atoms with Gasteiger partial charge in [-0.05, 0) is 36.2 Å². The van der Waals surface area contributed by atoms with Crippen LogP contribution in [0.5, 0.6) is 23.0 Å². The third-order valence-corrected chi connectivity index (χ3v) is 4.83. The van der Waals surface area contributed by atoms with Crippen LogP contribution in [0.2, 0.25) is 0 Å². The molecule has 136 valence electrons. The van der Waals surface area contributed by atoms with E-state index in [0.29, 0.717) is 24.0 Å². The zero-order chi connectivity index (χ0) is 17.9. The predicted octanol–water partition coefficient (Wildman–Crippen LogP) is 2.82. The molecule has 0 aliphatic carbocycles. The highest BCUT2D eigenvalue weighted by Gasteiger charge is 2.28. The molecule has 2 aliphatic rings. The Bertz CT molecular complexity index is 807. The summed E-state index contributed by atoms with van der Waals surface area (Å²) < 4.78 is 21.7. The number of carbonyl (C=O) groups is 1. The SMILES string of the molecule is COc1ccccc1OCC(=O)N1CCC(c2ccc3c(c2)OCO3)C1. The Labute approximate surface area is 152 Å². The zero-order valence-corrected chi connectivity index (χ0v) is 14.6. The van der Waals surface area contributed by atoms with E-state index in [1.807, 2.05) is 35.2 Å². The molecule has 0 spiro atoms. The normalized spacial score (nSPS) is 18.0. The maximum atomic E-state index is 12.5. The van der Waals surface area contributed by atoms with Crippen LogP contribution in [-0.2, 0) is 4.79 Å². The lowest BCUT2D eigenvalue weighted by Crippen LogP contribution is -2.32. The van der Waals surface area contributed by atoms with E-state index in [2.05, 4.69) is 6.07 Å². The quantitative estimate of drug-likeness (QED) is 0.825. The lowest BCUT2D eigenvalue weighted by molar-refractivity contribution is -0.132. The van der Waals surface area contributed by atoms with Gasteiger partial charge >= 0.3 is 0 Å². The Balaban J connectivity index is 1.35. The number of hydrogen-bond acceptors (Lipinski definition) is 5. The topological polar surface area (TPSA) is 57.2 Å². The van der Waals surface area contributed by atoms with Gasteiger partial charge in [-0.15, -0.1) is 0 Å². The summed E-state index contributed by atoms with van der Waals surface area (Å²) in [4.78, 5) is 14.3. The number of nitrogens with zero attached hydrogens (tertiary/aromatic N) is 1. The maximum absolute atomic E-state index is 12.5. The molecule has 0 aromatic heterocycles. The second kappa shape index (κ2) is 7.15. The average Bonchev–Trinajstić information content (AvgIpc) is 3.35. The van der Waals surface area contributed by atoms with Gasteiger partial charge in [0.1, 0.15) is 0 Å². The number of benzene rings is 2. The molecule has 2 heterocycles. The van der Waals surface area contributed by atoms with Crippen LogP contribution in [0, 0.1) is 0 Å². The van der Waals surface area contributed by atoms with Crippen molar-refractivity contribution in [1.29, 1.82) is 0 Å². The van der Waals surface area contributed by atoms with Crippen LogP contribution in [0.4, 0.5) is 0 Å². The van der Waals surface area contributed by atoms with Crippen molar-refractivity contribution in [1.82, 2.24) is 4.90 Å². The van der Waals surface area contributed by atoms with Crippen LogP contribution in [0.1, 0.15) is 17.9 Å². The van der Waals surface area contributed by atoms with Gasteiger partial charge in [0.15, 0.2) is 29.6 Å². The summed E-state index contributed by atoms with van der Waals surface area (Å²) in [6, 6.07) is 13.3. The second-order valence-corrected chi connectivity index (χ2v) is 6.38. The van der Waals surface area contributed by atoms with E-state index >= 15 is 0 Å². The monoisotopic (exact) mass is 355 g/mol. The number of fused-ring (bicyclic) bond motifs is 1. The Morgan fingerprint density at radius 3 is 2.81 bits per heavy atom. The molecule has 1 fully saturated rings. The molecule has 1 unspecified atom stereocenters. The molecule has 2 aromatic carbocycles. The van der Waals surface area contributed by atoms with E-state index in [4.69, 9.17) is 18.9 Å². The first-order chi connectivity index (χ1) is 12.7. The van der Waals surface area contributed by atoms with Crippen LogP contribution in [0.25, 0.3) is 0 Å². The van der Waals surface area contributed by atoms with E-state index < -0.39 is 0 Å². The standard InChI is InChI=1S/C20H21NO5/c1-23-16-4-2-3-5-17(16)24-12-20(22)21-9-8-15(11-21)14-6-7-18-19(10-14)26-13-25-18/h2-7,10,15H,8-9,11-13H2,1H3. The van der Waals surface area contributed by atoms with E-state index in [0.717, 1.165) is 24.5 Å². The van der Waals surface area contributed by atoms with Gasteiger partial charge in [0.25, 0.3) is 5.91 Å². The molecule has 26 heavy (non-hydrogen) atoms. The van der Waals surface area contributed by atoms with Crippen LogP contribution < -0.4 is 18.9 Å². The Morgan fingerprint density at radius 2 is 1.96 bits per heavy atom. The lowest BCUT2D eigenvalue weighted by atomic mass is 9.98. The first-order valence-corrected chi connectivity index (χ1v) is 8.68. The van der Waals surface area contributed by atoms with Gasteiger partial charge in [-0.25, -0.2) is 0 Å².